The number of nitrogens with zero attached hydrogens (tertiary/aromatic N) is 2. The molecular weight excluding hydrogens is 268 g/mol. The molecule has 21 heavy (non-hydrogen) atoms. The van der Waals surface area contributed by atoms with E-state index in [0.717, 1.165) is 5.56 Å². The molecule has 0 saturated heterocycles. The summed E-state index contributed by atoms with van der Waals surface area (Å²) in [7, 11) is 0. The summed E-state index contributed by atoms with van der Waals surface area (Å²) in [5, 5.41) is 18.3. The Bertz CT molecular complexity index is 614. The standard InChI is InChI=1S/C16H18N2O3/c1-12-14(16(20)21)7-8-15(17-12)18(9-10-19)11-13-5-3-2-4-6-13/h2-8,19H,9-11H2,1H3,(H,20,21). The molecule has 0 aliphatic rings. The number of aliphatic hydroxyl groups is 1. The van der Waals surface area contributed by atoms with Crippen LogP contribution in [0.3, 0.4) is 0 Å². The van der Waals surface area contributed by atoms with E-state index in [9.17, 15) is 9.90 Å². The first kappa shape index (κ1) is 15.0. The summed E-state index contributed by atoms with van der Waals surface area (Å²) in [5.41, 5.74) is 1.77. The van der Waals surface area contributed by atoms with Crippen molar-refractivity contribution in [2.24, 2.45) is 0 Å². The van der Waals surface area contributed by atoms with Crippen molar-refractivity contribution in [2.45, 2.75) is 13.5 Å². The summed E-state index contributed by atoms with van der Waals surface area (Å²) in [4.78, 5) is 17.3. The highest BCUT2D eigenvalue weighted by molar-refractivity contribution is 5.89. The topological polar surface area (TPSA) is 73.7 Å². The van der Waals surface area contributed by atoms with Crippen LogP contribution in [0.1, 0.15) is 21.6 Å². The zero-order valence-electron chi connectivity index (χ0n) is 11.9. The average molecular weight is 286 g/mol. The van der Waals surface area contributed by atoms with Crippen LogP contribution in [-0.4, -0.2) is 34.3 Å². The fourth-order valence-corrected chi connectivity index (χ4v) is 2.15. The van der Waals surface area contributed by atoms with Crippen molar-refractivity contribution in [2.75, 3.05) is 18.1 Å². The molecular formula is C16H18N2O3. The molecule has 0 spiro atoms. The Hall–Kier alpha value is -2.40. The van der Waals surface area contributed by atoms with E-state index in [1.807, 2.05) is 35.2 Å². The fourth-order valence-electron chi connectivity index (χ4n) is 2.15. The van der Waals surface area contributed by atoms with E-state index in [1.54, 1.807) is 19.1 Å². The molecule has 1 aromatic carbocycles. The van der Waals surface area contributed by atoms with Crippen LogP contribution < -0.4 is 4.90 Å². The van der Waals surface area contributed by atoms with Crippen molar-refractivity contribution in [3.05, 3.63) is 59.3 Å². The maximum Gasteiger partial charge on any atom is 0.337 e. The van der Waals surface area contributed by atoms with Gasteiger partial charge in [0, 0.05) is 13.1 Å². The largest absolute Gasteiger partial charge is 0.478 e. The Balaban J connectivity index is 2.26. The van der Waals surface area contributed by atoms with Gasteiger partial charge in [0.05, 0.1) is 17.9 Å². The van der Waals surface area contributed by atoms with Crippen molar-refractivity contribution >= 4 is 11.8 Å². The number of aromatic nitrogens is 1. The molecule has 0 unspecified atom stereocenters. The van der Waals surface area contributed by atoms with Crippen LogP contribution in [-0.2, 0) is 6.54 Å². The molecule has 0 aliphatic carbocycles. The van der Waals surface area contributed by atoms with E-state index in [4.69, 9.17) is 5.11 Å². The lowest BCUT2D eigenvalue weighted by atomic mass is 10.2. The molecule has 0 amide bonds. The van der Waals surface area contributed by atoms with E-state index >= 15 is 0 Å². The molecule has 0 radical (unpaired) electrons. The van der Waals surface area contributed by atoms with Crippen LogP contribution in [0.25, 0.3) is 0 Å². The van der Waals surface area contributed by atoms with E-state index < -0.39 is 5.97 Å². The number of carboxylic acids is 1. The van der Waals surface area contributed by atoms with Crippen LogP contribution >= 0.6 is 0 Å². The Morgan fingerprint density at radius 1 is 1.19 bits per heavy atom. The number of hydrogen-bond acceptors (Lipinski definition) is 4. The minimum atomic E-state index is -0.983. The quantitative estimate of drug-likeness (QED) is 0.850. The first-order chi connectivity index (χ1) is 10.1. The number of pyridine rings is 1. The molecule has 1 aromatic heterocycles. The summed E-state index contributed by atoms with van der Waals surface area (Å²) < 4.78 is 0. The Morgan fingerprint density at radius 3 is 2.48 bits per heavy atom. The lowest BCUT2D eigenvalue weighted by Crippen LogP contribution is -2.27. The highest BCUT2D eigenvalue weighted by atomic mass is 16.4. The molecule has 0 bridgehead atoms. The molecule has 5 nitrogen and oxygen atoms in total. The van der Waals surface area contributed by atoms with Gasteiger partial charge in [-0.2, -0.15) is 0 Å². The predicted molar refractivity (Wildman–Crippen MR) is 80.5 cm³/mol. The number of aryl methyl sites for hydroxylation is 1. The molecule has 0 aliphatic heterocycles. The van der Waals surface area contributed by atoms with Gasteiger partial charge in [0.25, 0.3) is 0 Å². The van der Waals surface area contributed by atoms with Crippen LogP contribution in [0.15, 0.2) is 42.5 Å². The summed E-state index contributed by atoms with van der Waals surface area (Å²) in [5.74, 6) is -0.321. The Morgan fingerprint density at radius 2 is 1.90 bits per heavy atom. The molecule has 2 rings (SSSR count). The third kappa shape index (κ3) is 3.79. The number of hydrogen-bond donors (Lipinski definition) is 2. The second-order valence-electron chi connectivity index (χ2n) is 4.74. The first-order valence-corrected chi connectivity index (χ1v) is 6.72. The molecule has 0 saturated carbocycles. The van der Waals surface area contributed by atoms with Gasteiger partial charge in [-0.1, -0.05) is 30.3 Å². The predicted octanol–water partition coefficient (Wildman–Crippen LogP) is 2.09. The molecule has 1 heterocycles. The number of benzene rings is 1. The van der Waals surface area contributed by atoms with Crippen molar-refractivity contribution in [1.29, 1.82) is 0 Å². The van der Waals surface area contributed by atoms with Crippen LogP contribution in [0.2, 0.25) is 0 Å². The molecule has 5 heteroatoms. The maximum absolute atomic E-state index is 11.0. The minimum Gasteiger partial charge on any atom is -0.478 e. The molecule has 0 fully saturated rings. The van der Waals surface area contributed by atoms with Gasteiger partial charge in [0.15, 0.2) is 0 Å². The zero-order valence-corrected chi connectivity index (χ0v) is 11.9. The number of rotatable bonds is 6. The van der Waals surface area contributed by atoms with Gasteiger partial charge in [0.2, 0.25) is 0 Å². The SMILES string of the molecule is Cc1nc(N(CCO)Cc2ccccc2)ccc1C(=O)O. The van der Waals surface area contributed by atoms with Gasteiger partial charge >= 0.3 is 5.97 Å². The van der Waals surface area contributed by atoms with Gasteiger partial charge in [-0.05, 0) is 24.6 Å². The molecule has 110 valence electrons. The second-order valence-corrected chi connectivity index (χ2v) is 4.74. The highest BCUT2D eigenvalue weighted by Gasteiger charge is 2.13. The Labute approximate surface area is 123 Å². The van der Waals surface area contributed by atoms with E-state index in [0.29, 0.717) is 24.6 Å². The van der Waals surface area contributed by atoms with Gasteiger partial charge in [-0.3, -0.25) is 0 Å². The lowest BCUT2D eigenvalue weighted by Gasteiger charge is -2.23. The average Bonchev–Trinajstić information content (AvgIpc) is 2.47. The molecule has 0 atom stereocenters. The van der Waals surface area contributed by atoms with Gasteiger partial charge in [0.1, 0.15) is 5.82 Å². The van der Waals surface area contributed by atoms with Crippen LogP contribution in [0.5, 0.6) is 0 Å². The van der Waals surface area contributed by atoms with Gasteiger partial charge in [-0.15, -0.1) is 0 Å². The van der Waals surface area contributed by atoms with E-state index in [2.05, 4.69) is 4.98 Å². The summed E-state index contributed by atoms with van der Waals surface area (Å²) in [6.45, 7) is 2.73. The summed E-state index contributed by atoms with van der Waals surface area (Å²) >= 11 is 0. The van der Waals surface area contributed by atoms with Crippen LogP contribution in [0.4, 0.5) is 5.82 Å². The smallest absolute Gasteiger partial charge is 0.337 e. The van der Waals surface area contributed by atoms with E-state index in [1.165, 1.54) is 0 Å². The highest BCUT2D eigenvalue weighted by Crippen LogP contribution is 2.17. The van der Waals surface area contributed by atoms with Crippen molar-refractivity contribution in [3.8, 4) is 0 Å². The minimum absolute atomic E-state index is 0.00818. The number of carbonyl (C=O) groups is 1. The number of aromatic carboxylic acids is 1. The first-order valence-electron chi connectivity index (χ1n) is 6.72. The zero-order chi connectivity index (χ0) is 15.2. The van der Waals surface area contributed by atoms with Gasteiger partial charge < -0.3 is 15.1 Å². The lowest BCUT2D eigenvalue weighted by molar-refractivity contribution is 0.0695. The van der Waals surface area contributed by atoms with Crippen molar-refractivity contribution in [1.82, 2.24) is 4.98 Å². The fraction of sp³-hybridized carbons (Fsp3) is 0.250. The second kappa shape index (κ2) is 6.85. The third-order valence-corrected chi connectivity index (χ3v) is 3.21. The van der Waals surface area contributed by atoms with E-state index in [-0.39, 0.29) is 12.2 Å². The summed E-state index contributed by atoms with van der Waals surface area (Å²) in [6, 6.07) is 13.1. The maximum atomic E-state index is 11.0. The monoisotopic (exact) mass is 286 g/mol. The number of aliphatic hydroxyl groups excluding tert-OH is 1. The molecule has 2 N–H and O–H groups in total. The van der Waals surface area contributed by atoms with Crippen molar-refractivity contribution < 1.29 is 15.0 Å². The third-order valence-electron chi connectivity index (χ3n) is 3.21. The Kier molecular flexibility index (Phi) is 4.90. The number of carboxylic acid groups (broad SMARTS) is 1. The molecule has 2 aromatic rings. The van der Waals surface area contributed by atoms with Gasteiger partial charge in [-0.25, -0.2) is 9.78 Å². The summed E-state index contributed by atoms with van der Waals surface area (Å²) in [6.07, 6.45) is 0. The van der Waals surface area contributed by atoms with Crippen LogP contribution in [0, 0.1) is 6.92 Å². The normalized spacial score (nSPS) is 10.4. The number of anilines is 1. The van der Waals surface area contributed by atoms with Crippen molar-refractivity contribution in [3.63, 3.8) is 0 Å².